The summed E-state index contributed by atoms with van der Waals surface area (Å²) in [6.07, 6.45) is 6.97. The van der Waals surface area contributed by atoms with Crippen molar-refractivity contribution in [2.24, 2.45) is 5.92 Å². The van der Waals surface area contributed by atoms with Crippen molar-refractivity contribution < 1.29 is 9.59 Å². The van der Waals surface area contributed by atoms with E-state index in [0.717, 1.165) is 30.3 Å². The number of amides is 2. The number of piperidine rings is 1. The monoisotopic (exact) mass is 378 g/mol. The number of fused-ring (bicyclic) bond motifs is 1. The van der Waals surface area contributed by atoms with Crippen LogP contribution in [0.2, 0.25) is 0 Å². The molecule has 8 nitrogen and oxygen atoms in total. The minimum absolute atomic E-state index is 0.0508. The van der Waals surface area contributed by atoms with Crippen LogP contribution in [0.1, 0.15) is 29.0 Å². The largest absolute Gasteiger partial charge is 0.350 e. The third-order valence-corrected chi connectivity index (χ3v) is 5.06. The topological polar surface area (TPSA) is 104 Å². The Kier molecular flexibility index (Phi) is 5.27. The number of benzene rings is 1. The maximum absolute atomic E-state index is 12.5. The summed E-state index contributed by atoms with van der Waals surface area (Å²) in [5.41, 5.74) is 1.92. The van der Waals surface area contributed by atoms with Crippen LogP contribution in [-0.4, -0.2) is 56.5 Å². The molecule has 1 aromatic carbocycles. The predicted molar refractivity (Wildman–Crippen MR) is 103 cm³/mol. The molecule has 1 aliphatic rings. The second-order valence-electron chi connectivity index (χ2n) is 7.05. The van der Waals surface area contributed by atoms with Gasteiger partial charge in [-0.25, -0.2) is 0 Å². The van der Waals surface area contributed by atoms with E-state index < -0.39 is 0 Å². The fraction of sp³-hybridized carbons (Fsp3) is 0.350. The highest BCUT2D eigenvalue weighted by Crippen LogP contribution is 2.18. The van der Waals surface area contributed by atoms with Gasteiger partial charge in [0, 0.05) is 43.6 Å². The molecule has 1 atom stereocenters. The number of carbonyl (C=O) groups is 2. The molecular weight excluding hydrogens is 356 g/mol. The summed E-state index contributed by atoms with van der Waals surface area (Å²) in [4.78, 5) is 35.1. The molecule has 0 unspecified atom stereocenters. The standard InChI is InChI=1S/C20H22N6O2/c27-18(10-15-12-21-7-8-22-15)26-9-3-4-14(13-26)11-23-20(28)19-16-5-1-2-6-17(16)24-25-19/h1-2,5-8,12,14H,3-4,9-11,13H2,(H,23,28)(H,24,25)/t14-/m0/s1. The lowest BCUT2D eigenvalue weighted by molar-refractivity contribution is -0.132. The first-order chi connectivity index (χ1) is 13.7. The van der Waals surface area contributed by atoms with Crippen molar-refractivity contribution >= 4 is 22.7 Å². The van der Waals surface area contributed by atoms with Gasteiger partial charge in [0.15, 0.2) is 5.69 Å². The molecule has 3 aromatic rings. The number of H-pyrrole nitrogens is 1. The molecule has 2 amide bonds. The first-order valence-corrected chi connectivity index (χ1v) is 9.44. The Bertz CT molecular complexity index is 971. The lowest BCUT2D eigenvalue weighted by Gasteiger charge is -2.32. The highest BCUT2D eigenvalue weighted by Gasteiger charge is 2.25. The normalized spacial score (nSPS) is 16.9. The van der Waals surface area contributed by atoms with Crippen LogP contribution in [0.15, 0.2) is 42.9 Å². The van der Waals surface area contributed by atoms with Crippen LogP contribution in [-0.2, 0) is 11.2 Å². The van der Waals surface area contributed by atoms with Gasteiger partial charge < -0.3 is 10.2 Å². The maximum atomic E-state index is 12.5. The van der Waals surface area contributed by atoms with E-state index in [1.165, 1.54) is 0 Å². The van der Waals surface area contributed by atoms with E-state index in [2.05, 4.69) is 25.5 Å². The summed E-state index contributed by atoms with van der Waals surface area (Å²) < 4.78 is 0. The van der Waals surface area contributed by atoms with Crippen molar-refractivity contribution in [1.29, 1.82) is 0 Å². The summed E-state index contributed by atoms with van der Waals surface area (Å²) in [5.74, 6) is 0.0870. The molecule has 8 heteroatoms. The molecule has 0 spiro atoms. The third-order valence-electron chi connectivity index (χ3n) is 5.06. The fourth-order valence-electron chi connectivity index (χ4n) is 3.60. The predicted octanol–water partition coefficient (Wildman–Crippen LogP) is 1.56. The SMILES string of the molecule is O=C(NC[C@@H]1CCCN(C(=O)Cc2cnccn2)C1)c1n[nH]c2ccccc12. The van der Waals surface area contributed by atoms with Crippen molar-refractivity contribution in [3.05, 3.63) is 54.2 Å². The quantitative estimate of drug-likeness (QED) is 0.701. The minimum atomic E-state index is -0.194. The number of para-hydroxylation sites is 1. The Morgan fingerprint density at radius 3 is 3.00 bits per heavy atom. The number of hydrogen-bond donors (Lipinski definition) is 2. The molecule has 144 valence electrons. The van der Waals surface area contributed by atoms with Crippen molar-refractivity contribution in [1.82, 2.24) is 30.4 Å². The highest BCUT2D eigenvalue weighted by atomic mass is 16.2. The van der Waals surface area contributed by atoms with E-state index in [1.807, 2.05) is 29.2 Å². The van der Waals surface area contributed by atoms with E-state index in [4.69, 9.17) is 0 Å². The maximum Gasteiger partial charge on any atom is 0.272 e. The van der Waals surface area contributed by atoms with Crippen molar-refractivity contribution in [3.63, 3.8) is 0 Å². The number of rotatable bonds is 5. The molecule has 2 N–H and O–H groups in total. The molecular formula is C20H22N6O2. The summed E-state index contributed by atoms with van der Waals surface area (Å²) >= 11 is 0. The molecule has 0 radical (unpaired) electrons. The number of likely N-dealkylation sites (tertiary alicyclic amines) is 1. The average molecular weight is 378 g/mol. The Balaban J connectivity index is 1.32. The van der Waals surface area contributed by atoms with Gasteiger partial charge in [-0.15, -0.1) is 0 Å². The van der Waals surface area contributed by atoms with Crippen LogP contribution >= 0.6 is 0 Å². The van der Waals surface area contributed by atoms with Crippen LogP contribution in [0.5, 0.6) is 0 Å². The molecule has 4 rings (SSSR count). The summed E-state index contributed by atoms with van der Waals surface area (Å²) in [5, 5.41) is 10.8. The van der Waals surface area contributed by atoms with Crippen molar-refractivity contribution in [3.8, 4) is 0 Å². The zero-order chi connectivity index (χ0) is 19.3. The van der Waals surface area contributed by atoms with Crippen LogP contribution in [0.4, 0.5) is 0 Å². The number of carbonyl (C=O) groups excluding carboxylic acids is 2. The number of nitrogens with one attached hydrogen (secondary N) is 2. The Morgan fingerprint density at radius 2 is 2.14 bits per heavy atom. The Labute approximate surface area is 162 Å². The van der Waals surface area contributed by atoms with Gasteiger partial charge in [-0.3, -0.25) is 24.7 Å². The van der Waals surface area contributed by atoms with Gasteiger partial charge in [0.05, 0.1) is 17.6 Å². The van der Waals surface area contributed by atoms with Crippen LogP contribution < -0.4 is 5.32 Å². The molecule has 1 fully saturated rings. The average Bonchev–Trinajstić information content (AvgIpc) is 3.17. The second kappa shape index (κ2) is 8.16. The van der Waals surface area contributed by atoms with Crippen LogP contribution in [0.25, 0.3) is 10.9 Å². The molecule has 28 heavy (non-hydrogen) atoms. The molecule has 0 saturated carbocycles. The molecule has 1 saturated heterocycles. The molecule has 0 bridgehead atoms. The number of hydrogen-bond acceptors (Lipinski definition) is 5. The minimum Gasteiger partial charge on any atom is -0.350 e. The van der Waals surface area contributed by atoms with Gasteiger partial charge >= 0.3 is 0 Å². The molecule has 3 heterocycles. The van der Waals surface area contributed by atoms with Crippen molar-refractivity contribution in [2.75, 3.05) is 19.6 Å². The lowest BCUT2D eigenvalue weighted by Crippen LogP contribution is -2.44. The Hall–Kier alpha value is -3.29. The lowest BCUT2D eigenvalue weighted by atomic mass is 9.97. The zero-order valence-corrected chi connectivity index (χ0v) is 15.5. The Morgan fingerprint density at radius 1 is 1.25 bits per heavy atom. The van der Waals surface area contributed by atoms with Gasteiger partial charge in [0.1, 0.15) is 0 Å². The van der Waals surface area contributed by atoms with E-state index >= 15 is 0 Å². The van der Waals surface area contributed by atoms with Gasteiger partial charge in [0.2, 0.25) is 5.91 Å². The van der Waals surface area contributed by atoms with E-state index in [1.54, 1.807) is 18.6 Å². The highest BCUT2D eigenvalue weighted by molar-refractivity contribution is 6.04. The smallest absolute Gasteiger partial charge is 0.272 e. The van der Waals surface area contributed by atoms with Gasteiger partial charge in [-0.05, 0) is 24.8 Å². The van der Waals surface area contributed by atoms with Crippen LogP contribution in [0, 0.1) is 5.92 Å². The van der Waals surface area contributed by atoms with E-state index in [9.17, 15) is 9.59 Å². The summed E-state index contributed by atoms with van der Waals surface area (Å²) in [6, 6.07) is 7.55. The summed E-state index contributed by atoms with van der Waals surface area (Å²) in [7, 11) is 0. The second-order valence-corrected chi connectivity index (χ2v) is 7.05. The summed E-state index contributed by atoms with van der Waals surface area (Å²) in [6.45, 7) is 1.91. The third kappa shape index (κ3) is 4.00. The number of nitrogens with zero attached hydrogens (tertiary/aromatic N) is 4. The first kappa shape index (κ1) is 18.1. The number of aromatic amines is 1. The van der Waals surface area contributed by atoms with E-state index in [0.29, 0.717) is 24.5 Å². The van der Waals surface area contributed by atoms with Gasteiger partial charge in [0.25, 0.3) is 5.91 Å². The van der Waals surface area contributed by atoms with Crippen molar-refractivity contribution in [2.45, 2.75) is 19.3 Å². The number of aromatic nitrogens is 4. The molecule has 1 aliphatic heterocycles. The molecule has 2 aromatic heterocycles. The fourth-order valence-corrected chi connectivity index (χ4v) is 3.60. The first-order valence-electron chi connectivity index (χ1n) is 9.44. The van der Waals surface area contributed by atoms with Crippen LogP contribution in [0.3, 0.4) is 0 Å². The van der Waals surface area contributed by atoms with E-state index in [-0.39, 0.29) is 24.2 Å². The van der Waals surface area contributed by atoms with Gasteiger partial charge in [-0.2, -0.15) is 5.10 Å². The molecule has 0 aliphatic carbocycles. The van der Waals surface area contributed by atoms with Gasteiger partial charge in [-0.1, -0.05) is 18.2 Å². The zero-order valence-electron chi connectivity index (χ0n) is 15.5.